The lowest BCUT2D eigenvalue weighted by Crippen LogP contribution is -2.37. The molecule has 3 nitrogen and oxygen atoms in total. The van der Waals surface area contributed by atoms with Crippen LogP contribution in [-0.4, -0.2) is 18.2 Å². The van der Waals surface area contributed by atoms with Gasteiger partial charge in [-0.2, -0.15) is 0 Å². The average molecular weight is 307 g/mol. The van der Waals surface area contributed by atoms with Crippen LogP contribution in [0.25, 0.3) is 0 Å². The molecule has 0 saturated carbocycles. The van der Waals surface area contributed by atoms with Crippen LogP contribution >= 0.6 is 0 Å². The van der Waals surface area contributed by atoms with Crippen LogP contribution in [0, 0.1) is 18.3 Å². The van der Waals surface area contributed by atoms with Gasteiger partial charge in [-0.25, -0.2) is 0 Å². The summed E-state index contributed by atoms with van der Waals surface area (Å²) in [5, 5.41) is 2.60. The zero-order chi connectivity index (χ0) is 17.8. The van der Waals surface area contributed by atoms with Gasteiger partial charge in [-0.1, -0.05) is 84.4 Å². The van der Waals surface area contributed by atoms with E-state index in [1.54, 1.807) is 13.8 Å². The topological polar surface area (TPSA) is 46.2 Å². The highest BCUT2D eigenvalue weighted by molar-refractivity contribution is 5.89. The van der Waals surface area contributed by atoms with Crippen molar-refractivity contribution in [2.24, 2.45) is 11.3 Å². The first-order valence-corrected chi connectivity index (χ1v) is 7.97. The molecular formula is C19H33NO2. The monoisotopic (exact) mass is 307 g/mol. The summed E-state index contributed by atoms with van der Waals surface area (Å²) in [6.07, 6.45) is 0. The lowest BCUT2D eigenvalue weighted by molar-refractivity contribution is -0.130. The van der Waals surface area contributed by atoms with Gasteiger partial charge in [0, 0.05) is 11.3 Å². The van der Waals surface area contributed by atoms with Gasteiger partial charge in [0.2, 0.25) is 5.91 Å². The van der Waals surface area contributed by atoms with E-state index < -0.39 is 0 Å². The van der Waals surface area contributed by atoms with Crippen molar-refractivity contribution in [1.82, 2.24) is 5.32 Å². The smallest absolute Gasteiger partial charge is 0.222 e. The van der Waals surface area contributed by atoms with Crippen LogP contribution in [0.3, 0.4) is 0 Å². The van der Waals surface area contributed by atoms with Crippen LogP contribution in [0.4, 0.5) is 0 Å². The van der Waals surface area contributed by atoms with Gasteiger partial charge in [-0.3, -0.25) is 9.59 Å². The molecule has 0 atom stereocenters. The first kappa shape index (κ1) is 22.6. The Kier molecular flexibility index (Phi) is 12.3. The van der Waals surface area contributed by atoms with Crippen molar-refractivity contribution in [1.29, 1.82) is 0 Å². The molecule has 0 fully saturated rings. The maximum atomic E-state index is 11.4. The molecule has 1 aromatic rings. The molecule has 0 bridgehead atoms. The quantitative estimate of drug-likeness (QED) is 0.900. The highest BCUT2D eigenvalue weighted by atomic mass is 16.2. The first-order chi connectivity index (χ1) is 10.1. The van der Waals surface area contributed by atoms with Crippen LogP contribution in [-0.2, 0) is 9.59 Å². The summed E-state index contributed by atoms with van der Waals surface area (Å²) in [4.78, 5) is 22.5. The van der Waals surface area contributed by atoms with Crippen molar-refractivity contribution in [2.45, 2.75) is 55.4 Å². The SMILES string of the molecule is CC.CC(C)C(=O)NCC(=O)C(C)(C)C.Cc1ccccc1. The molecule has 0 spiro atoms. The van der Waals surface area contributed by atoms with Crippen LogP contribution in [0.15, 0.2) is 30.3 Å². The second-order valence-electron chi connectivity index (χ2n) is 6.20. The Hall–Kier alpha value is -1.64. The molecule has 0 saturated heterocycles. The number of ketones is 1. The first-order valence-electron chi connectivity index (χ1n) is 7.97. The second kappa shape index (κ2) is 12.0. The summed E-state index contributed by atoms with van der Waals surface area (Å²) in [6, 6.07) is 10.3. The number of nitrogens with one attached hydrogen (secondary N) is 1. The summed E-state index contributed by atoms with van der Waals surface area (Å²) in [6.45, 7) is 15.4. The van der Waals surface area contributed by atoms with Crippen molar-refractivity contribution in [3.8, 4) is 0 Å². The molecule has 0 aliphatic rings. The number of carbonyl (C=O) groups excluding carboxylic acids is 2. The van der Waals surface area contributed by atoms with Gasteiger partial charge < -0.3 is 5.32 Å². The Bertz CT molecular complexity index is 417. The third-order valence-electron chi connectivity index (χ3n) is 2.72. The minimum Gasteiger partial charge on any atom is -0.349 e. The van der Waals surface area contributed by atoms with E-state index in [9.17, 15) is 9.59 Å². The highest BCUT2D eigenvalue weighted by Gasteiger charge is 2.21. The van der Waals surface area contributed by atoms with Crippen molar-refractivity contribution in [3.63, 3.8) is 0 Å². The minimum atomic E-state index is -0.371. The second-order valence-corrected chi connectivity index (χ2v) is 6.20. The molecule has 0 unspecified atom stereocenters. The van der Waals surface area contributed by atoms with Gasteiger partial charge in [0.25, 0.3) is 0 Å². The van der Waals surface area contributed by atoms with E-state index in [4.69, 9.17) is 0 Å². The molecule has 22 heavy (non-hydrogen) atoms. The molecule has 1 N–H and O–H groups in total. The minimum absolute atomic E-state index is 0.0569. The van der Waals surface area contributed by atoms with E-state index in [1.165, 1.54) is 5.56 Å². The lowest BCUT2D eigenvalue weighted by atomic mass is 9.91. The molecule has 0 aliphatic heterocycles. The fraction of sp³-hybridized carbons (Fsp3) is 0.579. The largest absolute Gasteiger partial charge is 0.349 e. The van der Waals surface area contributed by atoms with Crippen LogP contribution in [0.2, 0.25) is 0 Å². The van der Waals surface area contributed by atoms with Crippen molar-refractivity contribution < 1.29 is 9.59 Å². The normalized spacial score (nSPS) is 9.86. The summed E-state index contributed by atoms with van der Waals surface area (Å²) in [5.74, 6) is -0.0770. The van der Waals surface area contributed by atoms with Crippen LogP contribution < -0.4 is 5.32 Å². The third-order valence-corrected chi connectivity index (χ3v) is 2.72. The van der Waals surface area contributed by atoms with E-state index in [0.29, 0.717) is 0 Å². The van der Waals surface area contributed by atoms with Crippen LogP contribution in [0.1, 0.15) is 54.0 Å². The Morgan fingerprint density at radius 3 is 1.77 bits per heavy atom. The van der Waals surface area contributed by atoms with E-state index in [-0.39, 0.29) is 29.6 Å². The Labute approximate surface area is 136 Å². The fourth-order valence-electron chi connectivity index (χ4n) is 1.17. The average Bonchev–Trinajstić information content (AvgIpc) is 2.46. The number of aryl methyl sites for hydroxylation is 1. The molecule has 1 aromatic carbocycles. The van der Waals surface area contributed by atoms with Crippen LogP contribution in [0.5, 0.6) is 0 Å². The van der Waals surface area contributed by atoms with Gasteiger partial charge in [-0.15, -0.1) is 0 Å². The van der Waals surface area contributed by atoms with E-state index in [1.807, 2.05) is 52.8 Å². The van der Waals surface area contributed by atoms with Gasteiger partial charge in [0.1, 0.15) is 0 Å². The molecule has 0 aliphatic carbocycles. The maximum absolute atomic E-state index is 11.4. The number of benzene rings is 1. The zero-order valence-electron chi connectivity index (χ0n) is 15.5. The fourth-order valence-corrected chi connectivity index (χ4v) is 1.17. The summed E-state index contributed by atoms with van der Waals surface area (Å²) >= 11 is 0. The molecule has 126 valence electrons. The van der Waals surface area contributed by atoms with Gasteiger partial charge in [0.05, 0.1) is 6.54 Å². The summed E-state index contributed by atoms with van der Waals surface area (Å²) in [7, 11) is 0. The van der Waals surface area contributed by atoms with E-state index >= 15 is 0 Å². The Morgan fingerprint density at radius 1 is 1.05 bits per heavy atom. The number of Topliss-reactive ketones (excluding diaryl/α,β-unsaturated/α-hetero) is 1. The van der Waals surface area contributed by atoms with Crippen molar-refractivity contribution >= 4 is 11.7 Å². The number of carbonyl (C=O) groups is 2. The molecule has 1 rings (SSSR count). The Morgan fingerprint density at radius 2 is 1.50 bits per heavy atom. The van der Waals surface area contributed by atoms with Gasteiger partial charge in [0.15, 0.2) is 5.78 Å². The van der Waals surface area contributed by atoms with E-state index in [0.717, 1.165) is 0 Å². The zero-order valence-corrected chi connectivity index (χ0v) is 15.5. The van der Waals surface area contributed by atoms with Gasteiger partial charge in [-0.05, 0) is 6.92 Å². The maximum Gasteiger partial charge on any atom is 0.222 e. The molecule has 3 heteroatoms. The van der Waals surface area contributed by atoms with Crippen molar-refractivity contribution in [3.05, 3.63) is 35.9 Å². The predicted molar refractivity (Wildman–Crippen MR) is 94.8 cm³/mol. The molecule has 0 radical (unpaired) electrons. The molecule has 0 aromatic heterocycles. The van der Waals surface area contributed by atoms with Gasteiger partial charge >= 0.3 is 0 Å². The standard InChI is InChI=1S/C10H19NO2.C7H8.C2H6/c1-7(2)9(13)11-6-8(12)10(3,4)5;1-7-5-3-2-4-6-7;1-2/h7H,6H2,1-5H3,(H,11,13);2-6H,1H3;1-2H3. The molecule has 0 heterocycles. The van der Waals surface area contributed by atoms with E-state index in [2.05, 4.69) is 24.4 Å². The molecular weight excluding hydrogens is 274 g/mol. The molecule has 1 amide bonds. The summed E-state index contributed by atoms with van der Waals surface area (Å²) in [5.41, 5.74) is 0.951. The summed E-state index contributed by atoms with van der Waals surface area (Å²) < 4.78 is 0. The number of rotatable bonds is 3. The third kappa shape index (κ3) is 12.1. The lowest BCUT2D eigenvalue weighted by Gasteiger charge is -2.17. The number of amides is 1. The predicted octanol–water partition coefficient (Wildman–Crippen LogP) is 4.40. The van der Waals surface area contributed by atoms with Crippen molar-refractivity contribution in [2.75, 3.05) is 6.54 Å². The number of hydrogen-bond acceptors (Lipinski definition) is 2. The highest BCUT2D eigenvalue weighted by Crippen LogP contribution is 2.13. The number of hydrogen-bond donors (Lipinski definition) is 1. The Balaban J connectivity index is 0.